The van der Waals surface area contributed by atoms with Gasteiger partial charge < -0.3 is 10.1 Å². The van der Waals surface area contributed by atoms with Crippen molar-refractivity contribution in [2.75, 3.05) is 13.6 Å². The van der Waals surface area contributed by atoms with Gasteiger partial charge in [0, 0.05) is 6.42 Å². The fraction of sp³-hybridized carbons (Fsp3) is 0.500. The zero-order chi connectivity index (χ0) is 12.8. The number of rotatable bonds is 5. The Kier molecular flexibility index (Phi) is 5.16. The Balaban J connectivity index is 2.55. The number of ether oxygens (including phenoxy) is 1. The highest BCUT2D eigenvalue weighted by Crippen LogP contribution is 2.13. The number of carbonyl (C=O) groups is 1. The molecule has 0 bridgehead atoms. The number of hydrogen-bond donors (Lipinski definition) is 1. The van der Waals surface area contributed by atoms with Gasteiger partial charge in [-0.25, -0.2) is 0 Å². The zero-order valence-electron chi connectivity index (χ0n) is 11.0. The van der Waals surface area contributed by atoms with E-state index in [1.807, 2.05) is 6.92 Å². The number of nitrogens with one attached hydrogen (secondary N) is 1. The number of esters is 1. The summed E-state index contributed by atoms with van der Waals surface area (Å²) >= 11 is 0. The third-order valence-electron chi connectivity index (χ3n) is 2.66. The first-order valence-electron chi connectivity index (χ1n) is 5.93. The SMILES string of the molecule is CNCC(=O)OC(C)Cc1ccc(C)cc1C. The van der Waals surface area contributed by atoms with Gasteiger partial charge in [0.15, 0.2) is 0 Å². The molecule has 1 atom stereocenters. The van der Waals surface area contributed by atoms with Crippen LogP contribution >= 0.6 is 0 Å². The van der Waals surface area contributed by atoms with Crippen molar-refractivity contribution in [3.63, 3.8) is 0 Å². The molecule has 1 aromatic carbocycles. The van der Waals surface area contributed by atoms with Gasteiger partial charge in [-0.3, -0.25) is 4.79 Å². The Morgan fingerprint density at radius 1 is 1.41 bits per heavy atom. The van der Waals surface area contributed by atoms with E-state index in [4.69, 9.17) is 4.74 Å². The monoisotopic (exact) mass is 235 g/mol. The molecule has 0 aliphatic carbocycles. The molecule has 0 saturated heterocycles. The molecule has 1 rings (SSSR count). The summed E-state index contributed by atoms with van der Waals surface area (Å²) in [7, 11) is 1.73. The highest BCUT2D eigenvalue weighted by atomic mass is 16.5. The first-order valence-corrected chi connectivity index (χ1v) is 5.93. The van der Waals surface area contributed by atoms with Crippen LogP contribution < -0.4 is 5.32 Å². The van der Waals surface area contributed by atoms with Crippen LogP contribution in [0.3, 0.4) is 0 Å². The van der Waals surface area contributed by atoms with Crippen LogP contribution in [0, 0.1) is 13.8 Å². The van der Waals surface area contributed by atoms with Crippen molar-refractivity contribution >= 4 is 5.97 Å². The van der Waals surface area contributed by atoms with Crippen LogP contribution in [0.15, 0.2) is 18.2 Å². The van der Waals surface area contributed by atoms with E-state index in [1.165, 1.54) is 16.7 Å². The maximum atomic E-state index is 11.3. The summed E-state index contributed by atoms with van der Waals surface area (Å²) in [5.74, 6) is -0.204. The molecule has 1 unspecified atom stereocenters. The molecule has 1 N–H and O–H groups in total. The minimum Gasteiger partial charge on any atom is -0.461 e. The molecule has 0 amide bonds. The lowest BCUT2D eigenvalue weighted by Gasteiger charge is -2.15. The number of carbonyl (C=O) groups excluding carboxylic acids is 1. The molecule has 0 aliphatic heterocycles. The third-order valence-corrected chi connectivity index (χ3v) is 2.66. The van der Waals surface area contributed by atoms with Crippen LogP contribution in [-0.2, 0) is 16.0 Å². The van der Waals surface area contributed by atoms with Crippen molar-refractivity contribution in [1.82, 2.24) is 5.32 Å². The normalized spacial score (nSPS) is 12.2. The first kappa shape index (κ1) is 13.7. The first-order chi connectivity index (χ1) is 8.02. The van der Waals surface area contributed by atoms with E-state index in [1.54, 1.807) is 7.05 Å². The van der Waals surface area contributed by atoms with Gasteiger partial charge in [0.25, 0.3) is 0 Å². The molecule has 1 aromatic rings. The fourth-order valence-corrected chi connectivity index (χ4v) is 1.84. The summed E-state index contributed by atoms with van der Waals surface area (Å²) in [4.78, 5) is 11.3. The Hall–Kier alpha value is -1.35. The largest absolute Gasteiger partial charge is 0.461 e. The summed E-state index contributed by atoms with van der Waals surface area (Å²) in [5, 5.41) is 2.78. The molecule has 0 radical (unpaired) electrons. The van der Waals surface area contributed by atoms with Gasteiger partial charge in [-0.1, -0.05) is 23.8 Å². The van der Waals surface area contributed by atoms with E-state index in [0.29, 0.717) is 0 Å². The lowest BCUT2D eigenvalue weighted by Crippen LogP contribution is -2.25. The Labute approximate surface area is 103 Å². The molecule has 0 heterocycles. The molecular formula is C14H21NO2. The number of likely N-dealkylation sites (N-methyl/N-ethyl adjacent to an activating group) is 1. The fourth-order valence-electron chi connectivity index (χ4n) is 1.84. The van der Waals surface area contributed by atoms with Gasteiger partial charge in [-0.05, 0) is 38.9 Å². The summed E-state index contributed by atoms with van der Waals surface area (Å²) in [6.45, 7) is 6.35. The van der Waals surface area contributed by atoms with Crippen molar-refractivity contribution in [2.24, 2.45) is 0 Å². The quantitative estimate of drug-likeness (QED) is 0.793. The smallest absolute Gasteiger partial charge is 0.320 e. The lowest BCUT2D eigenvalue weighted by molar-refractivity contribution is -0.146. The van der Waals surface area contributed by atoms with Gasteiger partial charge in [-0.2, -0.15) is 0 Å². The maximum Gasteiger partial charge on any atom is 0.320 e. The molecule has 0 saturated carbocycles. The molecule has 17 heavy (non-hydrogen) atoms. The Morgan fingerprint density at radius 2 is 2.12 bits per heavy atom. The number of hydrogen-bond acceptors (Lipinski definition) is 3. The van der Waals surface area contributed by atoms with Gasteiger partial charge in [0.2, 0.25) is 0 Å². The molecule has 3 heteroatoms. The van der Waals surface area contributed by atoms with Crippen LogP contribution in [0.4, 0.5) is 0 Å². The number of aryl methyl sites for hydroxylation is 2. The summed E-state index contributed by atoms with van der Waals surface area (Å²) in [6.07, 6.45) is 0.680. The van der Waals surface area contributed by atoms with Gasteiger partial charge in [-0.15, -0.1) is 0 Å². The highest BCUT2D eigenvalue weighted by Gasteiger charge is 2.10. The molecule has 3 nitrogen and oxygen atoms in total. The van der Waals surface area contributed by atoms with Crippen molar-refractivity contribution in [1.29, 1.82) is 0 Å². The molecular weight excluding hydrogens is 214 g/mol. The topological polar surface area (TPSA) is 38.3 Å². The van der Waals surface area contributed by atoms with Crippen LogP contribution in [0.5, 0.6) is 0 Å². The van der Waals surface area contributed by atoms with Gasteiger partial charge >= 0.3 is 5.97 Å². The van der Waals surface area contributed by atoms with Crippen LogP contribution in [0.25, 0.3) is 0 Å². The third kappa shape index (κ3) is 4.57. The average Bonchev–Trinajstić information content (AvgIpc) is 2.22. The van der Waals surface area contributed by atoms with E-state index in [9.17, 15) is 4.79 Å². The van der Waals surface area contributed by atoms with Crippen molar-refractivity contribution in [3.8, 4) is 0 Å². The predicted molar refractivity (Wildman–Crippen MR) is 69.1 cm³/mol. The van der Waals surface area contributed by atoms with Gasteiger partial charge in [0.05, 0.1) is 6.54 Å². The molecule has 0 spiro atoms. The molecule has 0 aromatic heterocycles. The Morgan fingerprint density at radius 3 is 2.71 bits per heavy atom. The Bertz CT molecular complexity index is 388. The van der Waals surface area contributed by atoms with Crippen LogP contribution in [-0.4, -0.2) is 25.7 Å². The van der Waals surface area contributed by atoms with E-state index >= 15 is 0 Å². The summed E-state index contributed by atoms with van der Waals surface area (Å²) < 4.78 is 5.28. The summed E-state index contributed by atoms with van der Waals surface area (Å²) in [6, 6.07) is 6.34. The second kappa shape index (κ2) is 6.40. The standard InChI is InChI=1S/C14H21NO2/c1-10-5-6-13(11(2)7-10)8-12(3)17-14(16)9-15-4/h5-7,12,15H,8-9H2,1-4H3. The minimum absolute atomic E-state index is 0.0859. The average molecular weight is 235 g/mol. The van der Waals surface area contributed by atoms with Crippen LogP contribution in [0.1, 0.15) is 23.6 Å². The van der Waals surface area contributed by atoms with Crippen LogP contribution in [0.2, 0.25) is 0 Å². The molecule has 0 aliphatic rings. The van der Waals surface area contributed by atoms with E-state index in [-0.39, 0.29) is 18.6 Å². The highest BCUT2D eigenvalue weighted by molar-refractivity contribution is 5.71. The maximum absolute atomic E-state index is 11.3. The lowest BCUT2D eigenvalue weighted by atomic mass is 10.0. The van der Waals surface area contributed by atoms with E-state index in [0.717, 1.165) is 6.42 Å². The number of benzene rings is 1. The minimum atomic E-state index is -0.204. The van der Waals surface area contributed by atoms with E-state index < -0.39 is 0 Å². The second-order valence-electron chi connectivity index (χ2n) is 4.46. The predicted octanol–water partition coefficient (Wildman–Crippen LogP) is 2.00. The summed E-state index contributed by atoms with van der Waals surface area (Å²) in [5.41, 5.74) is 3.74. The second-order valence-corrected chi connectivity index (χ2v) is 4.46. The van der Waals surface area contributed by atoms with Gasteiger partial charge in [0.1, 0.15) is 6.10 Å². The zero-order valence-corrected chi connectivity index (χ0v) is 11.0. The van der Waals surface area contributed by atoms with E-state index in [2.05, 4.69) is 37.4 Å². The van der Waals surface area contributed by atoms with Crippen molar-refractivity contribution in [2.45, 2.75) is 33.3 Å². The molecule has 0 fully saturated rings. The van der Waals surface area contributed by atoms with Crippen molar-refractivity contribution < 1.29 is 9.53 Å². The molecule has 94 valence electrons. The van der Waals surface area contributed by atoms with Crippen molar-refractivity contribution in [3.05, 3.63) is 34.9 Å².